The maximum absolute atomic E-state index is 4.98. The molecule has 0 radical (unpaired) electrons. The molecule has 0 spiro atoms. The molecule has 4 heterocycles. The molecule has 0 aliphatic carbocycles. The van der Waals surface area contributed by atoms with Gasteiger partial charge < -0.3 is 4.57 Å². The van der Waals surface area contributed by atoms with Crippen LogP contribution in [0, 0.1) is 0 Å². The molecular formula is C42H32N4. The summed E-state index contributed by atoms with van der Waals surface area (Å²) in [5, 5.41) is 2.54. The van der Waals surface area contributed by atoms with E-state index in [0.717, 1.165) is 52.4 Å². The van der Waals surface area contributed by atoms with Gasteiger partial charge in [-0.25, -0.2) is 4.98 Å². The predicted octanol–water partition coefficient (Wildman–Crippen LogP) is 10.6. The first-order valence-corrected chi connectivity index (χ1v) is 15.8. The van der Waals surface area contributed by atoms with Crippen LogP contribution in [0.3, 0.4) is 0 Å². The van der Waals surface area contributed by atoms with Crippen molar-refractivity contribution in [2.75, 3.05) is 0 Å². The lowest BCUT2D eigenvalue weighted by molar-refractivity contribution is 0.914. The summed E-state index contributed by atoms with van der Waals surface area (Å²) >= 11 is 0. The minimum Gasteiger partial charge on any atom is -0.309 e. The molecule has 8 rings (SSSR count). The van der Waals surface area contributed by atoms with Crippen LogP contribution in [0.5, 0.6) is 0 Å². The molecule has 0 atom stereocenters. The van der Waals surface area contributed by atoms with Gasteiger partial charge in [0.15, 0.2) is 0 Å². The highest BCUT2D eigenvalue weighted by molar-refractivity contribution is 6.09. The van der Waals surface area contributed by atoms with Gasteiger partial charge in [0.25, 0.3) is 0 Å². The van der Waals surface area contributed by atoms with E-state index in [9.17, 15) is 0 Å². The Kier molecular flexibility index (Phi) is 7.16. The highest BCUT2D eigenvalue weighted by Gasteiger charge is 2.13. The molecule has 8 aromatic rings. The van der Waals surface area contributed by atoms with Gasteiger partial charge in [0.05, 0.1) is 33.8 Å². The first-order chi connectivity index (χ1) is 22.7. The number of aromatic nitrogens is 4. The van der Waals surface area contributed by atoms with Gasteiger partial charge >= 0.3 is 0 Å². The average molecular weight is 593 g/mol. The molecule has 0 saturated carbocycles. The lowest BCUT2D eigenvalue weighted by Crippen LogP contribution is -1.95. The smallest absolute Gasteiger partial charge is 0.0900 e. The fourth-order valence-corrected chi connectivity index (χ4v) is 6.35. The van der Waals surface area contributed by atoms with Gasteiger partial charge in [-0.1, -0.05) is 98.3 Å². The zero-order valence-corrected chi connectivity index (χ0v) is 25.6. The predicted molar refractivity (Wildman–Crippen MR) is 190 cm³/mol. The molecule has 0 N–H and O–H groups in total. The molecule has 4 nitrogen and oxygen atoms in total. The first kappa shape index (κ1) is 27.7. The Morgan fingerprint density at radius 1 is 0.500 bits per heavy atom. The Morgan fingerprint density at radius 3 is 1.63 bits per heavy atom. The molecule has 0 saturated heterocycles. The van der Waals surface area contributed by atoms with Crippen molar-refractivity contribution in [2.24, 2.45) is 0 Å². The van der Waals surface area contributed by atoms with Crippen LogP contribution < -0.4 is 0 Å². The molecule has 4 aromatic carbocycles. The van der Waals surface area contributed by atoms with E-state index in [2.05, 4.69) is 138 Å². The third kappa shape index (κ3) is 5.14. The first-order valence-electron chi connectivity index (χ1n) is 15.8. The van der Waals surface area contributed by atoms with Gasteiger partial charge in [-0.3, -0.25) is 9.97 Å². The van der Waals surface area contributed by atoms with Crippen molar-refractivity contribution >= 4 is 21.8 Å². The van der Waals surface area contributed by atoms with Gasteiger partial charge in [-0.2, -0.15) is 0 Å². The lowest BCUT2D eigenvalue weighted by atomic mass is 9.98. The van der Waals surface area contributed by atoms with Gasteiger partial charge in [0.1, 0.15) is 0 Å². The average Bonchev–Trinajstić information content (AvgIpc) is 3.47. The van der Waals surface area contributed by atoms with Crippen LogP contribution in [-0.4, -0.2) is 19.5 Å². The van der Waals surface area contributed by atoms with Crippen molar-refractivity contribution < 1.29 is 0 Å². The molecule has 4 heteroatoms. The van der Waals surface area contributed by atoms with Crippen LogP contribution in [0.1, 0.15) is 18.9 Å². The van der Waals surface area contributed by atoms with Gasteiger partial charge in [-0.05, 0) is 88.8 Å². The van der Waals surface area contributed by atoms with Gasteiger partial charge in [0.2, 0.25) is 0 Å². The standard InChI is InChI=1S/C42H32N4/c1-2-9-29-15-24-38(44-28-29)40-27-33(26-39(45-40)37-12-7-8-25-43-37)32-18-16-30(17-19-32)31-20-22-34(23-21-31)46-41-13-5-3-10-35(41)36-11-4-6-14-42(36)46/h3-8,10-28H,2,9H2,1H3. The minimum atomic E-state index is 0.831. The second kappa shape index (κ2) is 11.9. The Balaban J connectivity index is 1.13. The van der Waals surface area contributed by atoms with Gasteiger partial charge in [-0.15, -0.1) is 0 Å². The lowest BCUT2D eigenvalue weighted by Gasteiger charge is -2.11. The maximum Gasteiger partial charge on any atom is 0.0900 e. The molecule has 46 heavy (non-hydrogen) atoms. The molecule has 0 amide bonds. The SMILES string of the molecule is CCCc1ccc(-c2cc(-c3ccc(-c4ccc(-n5c6ccccc6c6ccccc65)cc4)cc3)cc(-c3ccccn3)n2)nc1. The van der Waals surface area contributed by atoms with E-state index >= 15 is 0 Å². The molecule has 220 valence electrons. The molecule has 0 aliphatic rings. The molecule has 0 aliphatic heterocycles. The zero-order valence-electron chi connectivity index (χ0n) is 25.6. The Labute approximate surface area is 268 Å². The van der Waals surface area contributed by atoms with Gasteiger partial charge in [0, 0.05) is 28.9 Å². The van der Waals surface area contributed by atoms with Crippen LogP contribution in [0.2, 0.25) is 0 Å². The normalized spacial score (nSPS) is 11.3. The minimum absolute atomic E-state index is 0.831. The van der Waals surface area contributed by atoms with E-state index in [1.807, 2.05) is 30.6 Å². The Hall–Kier alpha value is -5.87. The number of hydrogen-bond acceptors (Lipinski definition) is 3. The summed E-state index contributed by atoms with van der Waals surface area (Å²) in [5.41, 5.74) is 12.8. The molecule has 0 unspecified atom stereocenters. The van der Waals surface area contributed by atoms with Crippen molar-refractivity contribution in [3.8, 4) is 50.7 Å². The second-order valence-electron chi connectivity index (χ2n) is 11.6. The van der Waals surface area contributed by atoms with Crippen LogP contribution >= 0.6 is 0 Å². The Bertz CT molecular complexity index is 2230. The van der Waals surface area contributed by atoms with Crippen molar-refractivity contribution in [1.82, 2.24) is 19.5 Å². The summed E-state index contributed by atoms with van der Waals surface area (Å²) in [6.45, 7) is 2.19. The monoisotopic (exact) mass is 592 g/mol. The maximum atomic E-state index is 4.98. The summed E-state index contributed by atoms with van der Waals surface area (Å²) in [4.78, 5) is 14.3. The number of rotatable bonds is 7. The number of fused-ring (bicyclic) bond motifs is 3. The van der Waals surface area contributed by atoms with E-state index in [1.54, 1.807) is 0 Å². The topological polar surface area (TPSA) is 43.6 Å². The summed E-state index contributed by atoms with van der Waals surface area (Å²) in [7, 11) is 0. The fourth-order valence-electron chi connectivity index (χ4n) is 6.35. The molecule has 4 aromatic heterocycles. The van der Waals surface area contributed by atoms with E-state index in [4.69, 9.17) is 9.97 Å². The summed E-state index contributed by atoms with van der Waals surface area (Å²) in [6.07, 6.45) is 5.90. The largest absolute Gasteiger partial charge is 0.309 e. The third-order valence-electron chi connectivity index (χ3n) is 8.64. The second-order valence-corrected chi connectivity index (χ2v) is 11.6. The van der Waals surface area contributed by atoms with E-state index in [-0.39, 0.29) is 0 Å². The Morgan fingerprint density at radius 2 is 1.07 bits per heavy atom. The molecule has 0 bridgehead atoms. The van der Waals surface area contributed by atoms with Crippen molar-refractivity contribution in [3.63, 3.8) is 0 Å². The number of para-hydroxylation sites is 2. The summed E-state index contributed by atoms with van der Waals surface area (Å²) < 4.78 is 2.35. The zero-order chi connectivity index (χ0) is 30.9. The number of hydrogen-bond donors (Lipinski definition) is 0. The van der Waals surface area contributed by atoms with Crippen molar-refractivity contribution in [3.05, 3.63) is 157 Å². The molecule has 0 fully saturated rings. The highest BCUT2D eigenvalue weighted by atomic mass is 15.0. The number of nitrogens with zero attached hydrogens (tertiary/aromatic N) is 4. The van der Waals surface area contributed by atoms with E-state index in [0.29, 0.717) is 0 Å². The number of pyridine rings is 3. The summed E-state index contributed by atoms with van der Waals surface area (Å²) in [5.74, 6) is 0. The van der Waals surface area contributed by atoms with Crippen LogP contribution in [0.15, 0.2) is 152 Å². The van der Waals surface area contributed by atoms with Crippen LogP contribution in [0.4, 0.5) is 0 Å². The number of benzene rings is 4. The highest BCUT2D eigenvalue weighted by Crippen LogP contribution is 2.34. The van der Waals surface area contributed by atoms with Crippen LogP contribution in [-0.2, 0) is 6.42 Å². The quantitative estimate of drug-likeness (QED) is 0.185. The summed E-state index contributed by atoms with van der Waals surface area (Å²) in [6, 6.07) is 49.3. The van der Waals surface area contributed by atoms with Crippen LogP contribution in [0.25, 0.3) is 72.5 Å². The number of aryl methyl sites for hydroxylation is 1. The fraction of sp³-hybridized carbons (Fsp3) is 0.0714. The third-order valence-corrected chi connectivity index (χ3v) is 8.64. The van der Waals surface area contributed by atoms with Crippen molar-refractivity contribution in [2.45, 2.75) is 19.8 Å². The molecular weight excluding hydrogens is 560 g/mol. The van der Waals surface area contributed by atoms with E-state index in [1.165, 1.54) is 38.5 Å². The van der Waals surface area contributed by atoms with E-state index < -0.39 is 0 Å². The van der Waals surface area contributed by atoms with Crippen molar-refractivity contribution in [1.29, 1.82) is 0 Å².